The fraction of sp³-hybridized carbons (Fsp3) is 0.357. The van der Waals surface area contributed by atoms with E-state index in [0.29, 0.717) is 23.1 Å². The summed E-state index contributed by atoms with van der Waals surface area (Å²) < 4.78 is 10.5. The van der Waals surface area contributed by atoms with Gasteiger partial charge in [0.25, 0.3) is 0 Å². The number of aromatic nitrogens is 1. The van der Waals surface area contributed by atoms with Crippen LogP contribution in [0.2, 0.25) is 5.02 Å². The number of halogens is 1. The van der Waals surface area contributed by atoms with E-state index in [1.165, 1.54) is 0 Å². The van der Waals surface area contributed by atoms with Crippen molar-refractivity contribution in [2.24, 2.45) is 0 Å². The molecule has 0 aliphatic heterocycles. The molecule has 2 aromatic rings. The monoisotopic (exact) mass is 312 g/mol. The molecular formula is C14H17ClN2O2S. The summed E-state index contributed by atoms with van der Waals surface area (Å²) in [5.41, 5.74) is 1.04. The van der Waals surface area contributed by atoms with Crippen LogP contribution in [-0.2, 0) is 6.54 Å². The molecule has 1 atom stereocenters. The Morgan fingerprint density at radius 3 is 2.75 bits per heavy atom. The van der Waals surface area contributed by atoms with Gasteiger partial charge < -0.3 is 14.8 Å². The third kappa shape index (κ3) is 3.42. The van der Waals surface area contributed by atoms with Crippen LogP contribution in [0.4, 0.5) is 0 Å². The van der Waals surface area contributed by atoms with Gasteiger partial charge in [-0.1, -0.05) is 11.6 Å². The van der Waals surface area contributed by atoms with Crippen LogP contribution in [-0.4, -0.2) is 19.2 Å². The van der Waals surface area contributed by atoms with E-state index >= 15 is 0 Å². The molecule has 0 saturated carbocycles. The van der Waals surface area contributed by atoms with Crippen LogP contribution >= 0.6 is 22.9 Å². The highest BCUT2D eigenvalue weighted by Crippen LogP contribution is 2.36. The Morgan fingerprint density at radius 1 is 1.35 bits per heavy atom. The van der Waals surface area contributed by atoms with Crippen LogP contribution in [0.1, 0.15) is 23.5 Å². The molecule has 1 unspecified atom stereocenters. The van der Waals surface area contributed by atoms with Gasteiger partial charge in [-0.15, -0.1) is 11.3 Å². The Morgan fingerprint density at radius 2 is 2.15 bits per heavy atom. The van der Waals surface area contributed by atoms with Crippen molar-refractivity contribution in [1.29, 1.82) is 0 Å². The number of rotatable bonds is 6. The minimum absolute atomic E-state index is 0.196. The van der Waals surface area contributed by atoms with Gasteiger partial charge in [0.2, 0.25) is 0 Å². The maximum absolute atomic E-state index is 6.19. The zero-order valence-corrected chi connectivity index (χ0v) is 13.2. The summed E-state index contributed by atoms with van der Waals surface area (Å²) in [6, 6.07) is 4.00. The van der Waals surface area contributed by atoms with Crippen molar-refractivity contribution in [3.8, 4) is 11.5 Å². The molecule has 1 aromatic heterocycles. The van der Waals surface area contributed by atoms with Crippen molar-refractivity contribution in [3.63, 3.8) is 0 Å². The Kier molecular flexibility index (Phi) is 5.23. The summed E-state index contributed by atoms with van der Waals surface area (Å²) in [5.74, 6) is 1.20. The van der Waals surface area contributed by atoms with Gasteiger partial charge >= 0.3 is 0 Å². The van der Waals surface area contributed by atoms with E-state index in [9.17, 15) is 0 Å². The number of thiazole rings is 1. The van der Waals surface area contributed by atoms with Crippen LogP contribution in [0.15, 0.2) is 23.7 Å². The summed E-state index contributed by atoms with van der Waals surface area (Å²) in [5, 5.41) is 7.00. The zero-order chi connectivity index (χ0) is 14.5. The van der Waals surface area contributed by atoms with Crippen molar-refractivity contribution in [2.45, 2.75) is 19.5 Å². The molecule has 0 fully saturated rings. The molecule has 6 heteroatoms. The van der Waals surface area contributed by atoms with Gasteiger partial charge in [0.15, 0.2) is 11.5 Å². The van der Waals surface area contributed by atoms with Gasteiger partial charge in [-0.05, 0) is 24.6 Å². The maximum atomic E-state index is 6.19. The normalized spacial score (nSPS) is 12.2. The summed E-state index contributed by atoms with van der Waals surface area (Å²) in [4.78, 5) is 4.29. The van der Waals surface area contributed by atoms with Gasteiger partial charge in [-0.25, -0.2) is 4.98 Å². The van der Waals surface area contributed by atoms with Crippen molar-refractivity contribution >= 4 is 22.9 Å². The van der Waals surface area contributed by atoms with Crippen LogP contribution in [0.5, 0.6) is 11.5 Å². The highest BCUT2D eigenvalue weighted by atomic mass is 35.5. The van der Waals surface area contributed by atoms with Gasteiger partial charge in [0, 0.05) is 18.1 Å². The maximum Gasteiger partial charge on any atom is 0.179 e. The third-order valence-electron chi connectivity index (χ3n) is 2.93. The van der Waals surface area contributed by atoms with Gasteiger partial charge in [0.1, 0.15) is 5.01 Å². The molecule has 108 valence electrons. The molecule has 0 spiro atoms. The van der Waals surface area contributed by atoms with E-state index in [0.717, 1.165) is 10.6 Å². The summed E-state index contributed by atoms with van der Waals surface area (Å²) in [7, 11) is 3.18. The lowest BCUT2D eigenvalue weighted by Crippen LogP contribution is -2.18. The van der Waals surface area contributed by atoms with Crippen LogP contribution in [0.3, 0.4) is 0 Å². The highest BCUT2D eigenvalue weighted by Gasteiger charge is 2.12. The van der Waals surface area contributed by atoms with Gasteiger partial charge in [-0.2, -0.15) is 0 Å². The first-order valence-corrected chi connectivity index (χ1v) is 7.44. The molecule has 0 aliphatic carbocycles. The predicted octanol–water partition coefficient (Wildman–Crippen LogP) is 3.66. The van der Waals surface area contributed by atoms with Crippen molar-refractivity contribution in [2.75, 3.05) is 14.2 Å². The van der Waals surface area contributed by atoms with Gasteiger partial charge in [0.05, 0.1) is 25.3 Å². The number of hydrogen-bond acceptors (Lipinski definition) is 5. The number of nitrogens with zero attached hydrogens (tertiary/aromatic N) is 1. The summed E-state index contributed by atoms with van der Waals surface area (Å²) >= 11 is 7.82. The topological polar surface area (TPSA) is 43.4 Å². The second-order valence-corrected chi connectivity index (χ2v) is 5.62. The Labute approximate surface area is 127 Å². The van der Waals surface area contributed by atoms with Crippen LogP contribution < -0.4 is 14.8 Å². The Hall–Kier alpha value is -1.30. The average molecular weight is 313 g/mol. The molecule has 0 radical (unpaired) electrons. The van der Waals surface area contributed by atoms with Crippen molar-refractivity contribution in [3.05, 3.63) is 39.3 Å². The number of methoxy groups -OCH3 is 2. The standard InChI is InChI=1S/C14H17ClN2O2S/c1-9(14-16-4-5-20-14)17-8-10-6-11(15)13(19-3)12(7-10)18-2/h4-7,9,17H,8H2,1-3H3. The molecule has 0 aliphatic rings. The third-order valence-corrected chi connectivity index (χ3v) is 4.17. The van der Waals surface area contributed by atoms with E-state index in [1.54, 1.807) is 25.6 Å². The number of hydrogen-bond donors (Lipinski definition) is 1. The van der Waals surface area contributed by atoms with Crippen molar-refractivity contribution < 1.29 is 9.47 Å². The SMILES string of the molecule is COc1cc(CNC(C)c2nccs2)cc(Cl)c1OC. The van der Waals surface area contributed by atoms with Crippen LogP contribution in [0.25, 0.3) is 0 Å². The van der Waals surface area contributed by atoms with Gasteiger partial charge in [-0.3, -0.25) is 0 Å². The zero-order valence-electron chi connectivity index (χ0n) is 11.6. The first-order valence-electron chi connectivity index (χ1n) is 6.19. The molecule has 4 nitrogen and oxygen atoms in total. The van der Waals surface area contributed by atoms with E-state index < -0.39 is 0 Å². The molecule has 0 bridgehead atoms. The molecule has 1 aromatic carbocycles. The van der Waals surface area contributed by atoms with E-state index in [2.05, 4.69) is 17.2 Å². The first-order chi connectivity index (χ1) is 9.65. The van der Waals surface area contributed by atoms with Crippen molar-refractivity contribution in [1.82, 2.24) is 10.3 Å². The molecule has 0 saturated heterocycles. The number of benzene rings is 1. The fourth-order valence-electron chi connectivity index (χ4n) is 1.88. The Bertz CT molecular complexity index is 561. The van der Waals surface area contributed by atoms with Crippen LogP contribution in [0, 0.1) is 0 Å². The largest absolute Gasteiger partial charge is 0.493 e. The minimum Gasteiger partial charge on any atom is -0.493 e. The lowest BCUT2D eigenvalue weighted by Gasteiger charge is -2.14. The molecule has 2 rings (SSSR count). The molecule has 0 amide bonds. The van der Waals surface area contributed by atoms with E-state index in [-0.39, 0.29) is 6.04 Å². The minimum atomic E-state index is 0.196. The summed E-state index contributed by atoms with van der Waals surface area (Å²) in [6.07, 6.45) is 1.81. The smallest absolute Gasteiger partial charge is 0.179 e. The van der Waals surface area contributed by atoms with E-state index in [4.69, 9.17) is 21.1 Å². The second-order valence-electron chi connectivity index (χ2n) is 4.29. The number of ether oxygens (including phenoxy) is 2. The molecule has 20 heavy (non-hydrogen) atoms. The predicted molar refractivity (Wildman–Crippen MR) is 81.9 cm³/mol. The number of nitrogens with one attached hydrogen (secondary N) is 1. The Balaban J connectivity index is 2.08. The molecule has 1 heterocycles. The fourth-order valence-corrected chi connectivity index (χ4v) is 2.86. The lowest BCUT2D eigenvalue weighted by atomic mass is 10.2. The second kappa shape index (κ2) is 6.92. The lowest BCUT2D eigenvalue weighted by molar-refractivity contribution is 0.354. The average Bonchev–Trinajstić information content (AvgIpc) is 2.98. The van der Waals surface area contributed by atoms with E-state index in [1.807, 2.05) is 23.7 Å². The molecular weight excluding hydrogens is 296 g/mol. The summed E-state index contributed by atoms with van der Waals surface area (Å²) in [6.45, 7) is 2.77. The molecule has 1 N–H and O–H groups in total. The highest BCUT2D eigenvalue weighted by molar-refractivity contribution is 7.09. The first kappa shape index (κ1) is 15.1. The quantitative estimate of drug-likeness (QED) is 0.884.